The SMILES string of the molecule is Cc1nc2ccccc2n1-c1ccc(-c2c3ccccc3nc3sc4ccccc4c23)cc1. The molecule has 3 aromatic heterocycles. The molecule has 0 atom stereocenters. The average molecular weight is 442 g/mol. The summed E-state index contributed by atoms with van der Waals surface area (Å²) in [6.07, 6.45) is 0. The van der Waals surface area contributed by atoms with Gasteiger partial charge in [0.1, 0.15) is 10.7 Å². The van der Waals surface area contributed by atoms with Crippen molar-refractivity contribution in [2.75, 3.05) is 0 Å². The number of rotatable bonds is 2. The third kappa shape index (κ3) is 2.74. The quantitative estimate of drug-likeness (QED) is 0.273. The van der Waals surface area contributed by atoms with Crippen molar-refractivity contribution in [3.05, 3.63) is 103 Å². The van der Waals surface area contributed by atoms with Crippen LogP contribution in [-0.4, -0.2) is 14.5 Å². The highest BCUT2D eigenvalue weighted by Crippen LogP contribution is 2.42. The smallest absolute Gasteiger partial charge is 0.125 e. The van der Waals surface area contributed by atoms with E-state index >= 15 is 0 Å². The summed E-state index contributed by atoms with van der Waals surface area (Å²) in [5.74, 6) is 0.990. The molecule has 0 fully saturated rings. The van der Waals surface area contributed by atoms with Crippen LogP contribution in [0.3, 0.4) is 0 Å². The molecule has 33 heavy (non-hydrogen) atoms. The van der Waals surface area contributed by atoms with Gasteiger partial charge in [0, 0.05) is 32.1 Å². The molecule has 3 nitrogen and oxygen atoms in total. The van der Waals surface area contributed by atoms with E-state index in [4.69, 9.17) is 9.97 Å². The van der Waals surface area contributed by atoms with E-state index in [-0.39, 0.29) is 0 Å². The molecule has 4 aromatic carbocycles. The van der Waals surface area contributed by atoms with Crippen LogP contribution < -0.4 is 0 Å². The van der Waals surface area contributed by atoms with Gasteiger partial charge in [0.05, 0.1) is 16.6 Å². The minimum atomic E-state index is 0.990. The molecule has 0 aliphatic heterocycles. The first-order valence-electron chi connectivity index (χ1n) is 11.0. The van der Waals surface area contributed by atoms with Gasteiger partial charge >= 0.3 is 0 Å². The van der Waals surface area contributed by atoms with Crippen molar-refractivity contribution in [3.63, 3.8) is 0 Å². The van der Waals surface area contributed by atoms with Crippen LogP contribution in [0.5, 0.6) is 0 Å². The Hall–Kier alpha value is -4.02. The molecule has 156 valence electrons. The van der Waals surface area contributed by atoms with Crippen LogP contribution in [0, 0.1) is 6.92 Å². The number of hydrogen-bond donors (Lipinski definition) is 0. The molecule has 4 heteroatoms. The first-order chi connectivity index (χ1) is 16.3. The highest BCUT2D eigenvalue weighted by atomic mass is 32.1. The number of hydrogen-bond acceptors (Lipinski definition) is 3. The number of pyridine rings is 1. The Bertz CT molecular complexity index is 1820. The van der Waals surface area contributed by atoms with E-state index in [2.05, 4.69) is 102 Å². The molecule has 0 radical (unpaired) electrons. The molecular formula is C29H19N3S. The van der Waals surface area contributed by atoms with Crippen molar-refractivity contribution in [1.29, 1.82) is 0 Å². The van der Waals surface area contributed by atoms with E-state index in [1.165, 1.54) is 32.0 Å². The zero-order valence-electron chi connectivity index (χ0n) is 18.0. The van der Waals surface area contributed by atoms with Gasteiger partial charge in [-0.1, -0.05) is 60.7 Å². The highest BCUT2D eigenvalue weighted by molar-refractivity contribution is 7.25. The molecule has 0 unspecified atom stereocenters. The van der Waals surface area contributed by atoms with Gasteiger partial charge in [0.15, 0.2) is 0 Å². The molecule has 7 rings (SSSR count). The summed E-state index contributed by atoms with van der Waals surface area (Å²) in [6, 6.07) is 34.2. The van der Waals surface area contributed by atoms with Crippen LogP contribution in [0.4, 0.5) is 0 Å². The Kier molecular flexibility index (Phi) is 3.93. The molecule has 0 amide bonds. The normalized spacial score (nSPS) is 11.8. The van der Waals surface area contributed by atoms with Gasteiger partial charge in [-0.05, 0) is 48.9 Å². The zero-order chi connectivity index (χ0) is 21.9. The van der Waals surface area contributed by atoms with E-state index < -0.39 is 0 Å². The van der Waals surface area contributed by atoms with E-state index in [0.717, 1.165) is 32.9 Å². The maximum atomic E-state index is 5.01. The molecule has 0 saturated heterocycles. The number of para-hydroxylation sites is 3. The number of nitrogens with zero attached hydrogens (tertiary/aromatic N) is 3. The standard InChI is InChI=1S/C29H19N3S/c1-18-30-24-11-5-6-12-25(24)32(18)20-16-14-19(15-17-20)27-21-8-2-4-10-23(21)31-29-28(27)22-9-3-7-13-26(22)33-29/h2-17H,1H3. The number of fused-ring (bicyclic) bond motifs is 5. The fourth-order valence-corrected chi connectivity index (χ4v) is 6.02. The van der Waals surface area contributed by atoms with Crippen LogP contribution in [0.15, 0.2) is 97.1 Å². The van der Waals surface area contributed by atoms with Crippen LogP contribution in [0.2, 0.25) is 0 Å². The fourth-order valence-electron chi connectivity index (χ4n) is 4.93. The summed E-state index contributed by atoms with van der Waals surface area (Å²) in [5.41, 5.74) is 6.76. The second kappa shape index (κ2) is 6.99. The lowest BCUT2D eigenvalue weighted by molar-refractivity contribution is 1.00. The molecular weight excluding hydrogens is 422 g/mol. The second-order valence-electron chi connectivity index (χ2n) is 8.31. The van der Waals surface area contributed by atoms with Crippen molar-refractivity contribution in [1.82, 2.24) is 14.5 Å². The number of thiophene rings is 1. The monoisotopic (exact) mass is 441 g/mol. The Morgan fingerprint density at radius 1 is 0.667 bits per heavy atom. The van der Waals surface area contributed by atoms with Crippen LogP contribution >= 0.6 is 11.3 Å². The lowest BCUT2D eigenvalue weighted by Gasteiger charge is -2.12. The number of aryl methyl sites for hydroxylation is 1. The number of benzene rings is 4. The lowest BCUT2D eigenvalue weighted by atomic mass is 9.96. The minimum Gasteiger partial charge on any atom is -0.297 e. The topological polar surface area (TPSA) is 30.7 Å². The molecule has 0 bridgehead atoms. The largest absolute Gasteiger partial charge is 0.297 e. The van der Waals surface area contributed by atoms with Gasteiger partial charge in [-0.15, -0.1) is 11.3 Å². The van der Waals surface area contributed by atoms with Gasteiger partial charge in [-0.3, -0.25) is 4.57 Å². The third-order valence-electron chi connectivity index (χ3n) is 6.36. The zero-order valence-corrected chi connectivity index (χ0v) is 18.8. The van der Waals surface area contributed by atoms with Gasteiger partial charge < -0.3 is 0 Å². The van der Waals surface area contributed by atoms with E-state index in [1.54, 1.807) is 11.3 Å². The van der Waals surface area contributed by atoms with E-state index in [9.17, 15) is 0 Å². The van der Waals surface area contributed by atoms with Crippen LogP contribution in [0.25, 0.3) is 59.1 Å². The first-order valence-corrected chi connectivity index (χ1v) is 11.8. The van der Waals surface area contributed by atoms with Crippen molar-refractivity contribution < 1.29 is 0 Å². The predicted molar refractivity (Wildman–Crippen MR) is 139 cm³/mol. The number of imidazole rings is 1. The molecule has 0 spiro atoms. The van der Waals surface area contributed by atoms with Gasteiger partial charge in [0.2, 0.25) is 0 Å². The second-order valence-corrected chi connectivity index (χ2v) is 9.34. The van der Waals surface area contributed by atoms with Gasteiger partial charge in [-0.2, -0.15) is 0 Å². The Morgan fingerprint density at radius 3 is 2.21 bits per heavy atom. The molecule has 0 aliphatic carbocycles. The predicted octanol–water partition coefficient (Wildman–Crippen LogP) is 7.92. The summed E-state index contributed by atoms with van der Waals surface area (Å²) in [5, 5.41) is 3.70. The molecule has 0 N–H and O–H groups in total. The van der Waals surface area contributed by atoms with E-state index in [0.29, 0.717) is 0 Å². The van der Waals surface area contributed by atoms with Crippen molar-refractivity contribution >= 4 is 53.6 Å². The van der Waals surface area contributed by atoms with Crippen LogP contribution in [0.1, 0.15) is 5.82 Å². The maximum Gasteiger partial charge on any atom is 0.125 e. The summed E-state index contributed by atoms with van der Waals surface area (Å²) in [4.78, 5) is 10.8. The van der Waals surface area contributed by atoms with Gasteiger partial charge in [-0.25, -0.2) is 9.97 Å². The van der Waals surface area contributed by atoms with Gasteiger partial charge in [0.25, 0.3) is 0 Å². The number of aromatic nitrogens is 3. The third-order valence-corrected chi connectivity index (χ3v) is 7.43. The highest BCUT2D eigenvalue weighted by Gasteiger charge is 2.16. The Balaban J connectivity index is 1.50. The Morgan fingerprint density at radius 2 is 1.36 bits per heavy atom. The molecule has 3 heterocycles. The minimum absolute atomic E-state index is 0.990. The Labute approximate surface area is 194 Å². The molecule has 0 saturated carbocycles. The molecule has 7 aromatic rings. The summed E-state index contributed by atoms with van der Waals surface area (Å²) < 4.78 is 3.49. The fraction of sp³-hybridized carbons (Fsp3) is 0.0345. The summed E-state index contributed by atoms with van der Waals surface area (Å²) in [7, 11) is 0. The van der Waals surface area contributed by atoms with E-state index in [1.807, 2.05) is 6.07 Å². The lowest BCUT2D eigenvalue weighted by Crippen LogP contribution is -1.96. The van der Waals surface area contributed by atoms with Crippen molar-refractivity contribution in [3.8, 4) is 16.8 Å². The first kappa shape index (κ1) is 18.5. The van der Waals surface area contributed by atoms with Crippen molar-refractivity contribution in [2.45, 2.75) is 6.92 Å². The van der Waals surface area contributed by atoms with Crippen molar-refractivity contribution in [2.24, 2.45) is 0 Å². The summed E-state index contributed by atoms with van der Waals surface area (Å²) in [6.45, 7) is 2.06. The summed E-state index contributed by atoms with van der Waals surface area (Å²) >= 11 is 1.77. The molecule has 0 aliphatic rings. The maximum absolute atomic E-state index is 5.01. The average Bonchev–Trinajstić information content (AvgIpc) is 3.39. The van der Waals surface area contributed by atoms with Crippen LogP contribution in [-0.2, 0) is 0 Å².